The number of aromatic amines is 1. The topological polar surface area (TPSA) is 81.5 Å². The number of aromatic nitrogens is 1. The van der Waals surface area contributed by atoms with Crippen LogP contribution < -0.4 is 10.4 Å². The van der Waals surface area contributed by atoms with Gasteiger partial charge in [-0.05, 0) is 36.4 Å². The average Bonchev–Trinajstić information content (AvgIpc) is 3.08. The molecular formula is C20H14BrNO5. The Hall–Kier alpha value is -3.06. The van der Waals surface area contributed by atoms with Gasteiger partial charge in [0.05, 0.1) is 7.11 Å². The summed E-state index contributed by atoms with van der Waals surface area (Å²) in [5, 5.41) is 1.59. The van der Waals surface area contributed by atoms with E-state index in [-0.39, 0.29) is 6.61 Å². The van der Waals surface area contributed by atoms with Gasteiger partial charge < -0.3 is 18.9 Å². The molecule has 0 atom stereocenters. The summed E-state index contributed by atoms with van der Waals surface area (Å²) in [7, 11) is 1.58. The van der Waals surface area contributed by atoms with E-state index in [0.717, 1.165) is 15.4 Å². The fourth-order valence-electron chi connectivity index (χ4n) is 2.89. The molecule has 6 nitrogen and oxygen atoms in total. The van der Waals surface area contributed by atoms with Gasteiger partial charge in [0.1, 0.15) is 23.6 Å². The maximum Gasteiger partial charge on any atom is 0.355 e. The Labute approximate surface area is 161 Å². The van der Waals surface area contributed by atoms with Crippen molar-refractivity contribution in [1.29, 1.82) is 0 Å². The number of rotatable bonds is 4. The Morgan fingerprint density at radius 1 is 1.15 bits per heavy atom. The van der Waals surface area contributed by atoms with E-state index in [1.54, 1.807) is 31.4 Å². The van der Waals surface area contributed by atoms with Crippen molar-refractivity contribution in [2.45, 2.75) is 6.61 Å². The van der Waals surface area contributed by atoms with Crippen LogP contribution >= 0.6 is 15.9 Å². The highest BCUT2D eigenvalue weighted by Crippen LogP contribution is 2.24. The fourth-order valence-corrected chi connectivity index (χ4v) is 3.23. The molecule has 2 aromatic carbocycles. The van der Waals surface area contributed by atoms with Gasteiger partial charge in [-0.3, -0.25) is 0 Å². The number of hydrogen-bond donors (Lipinski definition) is 1. The molecule has 0 fully saturated rings. The molecule has 136 valence electrons. The van der Waals surface area contributed by atoms with Gasteiger partial charge in [-0.2, -0.15) is 0 Å². The first kappa shape index (κ1) is 17.4. The summed E-state index contributed by atoms with van der Waals surface area (Å²) in [6, 6.07) is 13.9. The lowest BCUT2D eigenvalue weighted by Crippen LogP contribution is -2.08. The van der Waals surface area contributed by atoms with Crippen molar-refractivity contribution in [3.63, 3.8) is 0 Å². The van der Waals surface area contributed by atoms with Gasteiger partial charge in [-0.25, -0.2) is 9.59 Å². The number of methoxy groups -OCH3 is 1. The fraction of sp³-hybridized carbons (Fsp3) is 0.100. The van der Waals surface area contributed by atoms with Gasteiger partial charge in [0.15, 0.2) is 0 Å². The first-order valence-electron chi connectivity index (χ1n) is 8.09. The molecule has 0 bridgehead atoms. The van der Waals surface area contributed by atoms with Crippen molar-refractivity contribution < 1.29 is 18.7 Å². The minimum atomic E-state index is -0.510. The molecule has 0 aliphatic carbocycles. The molecule has 4 aromatic rings. The number of halogens is 1. The molecule has 4 rings (SSSR count). The lowest BCUT2D eigenvalue weighted by atomic mass is 10.1. The van der Waals surface area contributed by atoms with Gasteiger partial charge in [0.2, 0.25) is 0 Å². The van der Waals surface area contributed by atoms with E-state index in [2.05, 4.69) is 20.9 Å². The van der Waals surface area contributed by atoms with Crippen LogP contribution in [0, 0.1) is 0 Å². The minimum Gasteiger partial charge on any atom is -0.497 e. The van der Waals surface area contributed by atoms with Crippen molar-refractivity contribution in [3.05, 3.63) is 74.7 Å². The number of carbonyl (C=O) groups excluding carboxylic acids is 1. The van der Waals surface area contributed by atoms with Crippen molar-refractivity contribution in [2.75, 3.05) is 7.11 Å². The van der Waals surface area contributed by atoms with Crippen LogP contribution in [0.4, 0.5) is 0 Å². The van der Waals surface area contributed by atoms with Crippen molar-refractivity contribution in [1.82, 2.24) is 4.98 Å². The Kier molecular flexibility index (Phi) is 4.45. The number of esters is 1. The molecule has 1 N–H and O–H groups in total. The van der Waals surface area contributed by atoms with Crippen molar-refractivity contribution in [2.24, 2.45) is 0 Å². The van der Waals surface area contributed by atoms with Gasteiger partial charge in [-0.1, -0.05) is 15.9 Å². The summed E-state index contributed by atoms with van der Waals surface area (Å²) in [4.78, 5) is 27.2. The molecular weight excluding hydrogens is 414 g/mol. The largest absolute Gasteiger partial charge is 0.497 e. The molecule has 0 radical (unpaired) electrons. The molecule has 0 amide bonds. The summed E-state index contributed by atoms with van der Waals surface area (Å²) in [6.45, 7) is -0.0404. The number of ether oxygens (including phenoxy) is 2. The van der Waals surface area contributed by atoms with Gasteiger partial charge >= 0.3 is 11.6 Å². The van der Waals surface area contributed by atoms with Crippen LogP contribution in [0.1, 0.15) is 16.1 Å². The summed E-state index contributed by atoms with van der Waals surface area (Å²) < 4.78 is 16.6. The summed E-state index contributed by atoms with van der Waals surface area (Å²) in [6.07, 6.45) is 0. The lowest BCUT2D eigenvalue weighted by Gasteiger charge is -2.06. The first-order valence-corrected chi connectivity index (χ1v) is 8.89. The zero-order chi connectivity index (χ0) is 19.0. The van der Waals surface area contributed by atoms with Crippen LogP contribution in [-0.4, -0.2) is 18.1 Å². The second-order valence-corrected chi connectivity index (χ2v) is 6.86. The molecule has 0 saturated carbocycles. The minimum absolute atomic E-state index is 0.0404. The molecule has 2 aromatic heterocycles. The number of fused-ring (bicyclic) bond motifs is 2. The molecule has 0 aliphatic rings. The Morgan fingerprint density at radius 2 is 2.00 bits per heavy atom. The Bertz CT molecular complexity index is 1220. The monoisotopic (exact) mass is 427 g/mol. The van der Waals surface area contributed by atoms with Gasteiger partial charge in [-0.15, -0.1) is 0 Å². The van der Waals surface area contributed by atoms with Crippen molar-refractivity contribution in [3.8, 4) is 5.75 Å². The van der Waals surface area contributed by atoms with Crippen LogP contribution in [0.15, 0.2) is 62.2 Å². The van der Waals surface area contributed by atoms with Gasteiger partial charge in [0, 0.05) is 38.5 Å². The maximum absolute atomic E-state index is 12.4. The second-order valence-electron chi connectivity index (χ2n) is 5.94. The number of benzene rings is 2. The van der Waals surface area contributed by atoms with Crippen molar-refractivity contribution >= 4 is 43.8 Å². The Balaban J connectivity index is 1.59. The van der Waals surface area contributed by atoms with E-state index >= 15 is 0 Å². The van der Waals surface area contributed by atoms with E-state index in [0.29, 0.717) is 28.0 Å². The highest BCUT2D eigenvalue weighted by molar-refractivity contribution is 9.10. The predicted molar refractivity (Wildman–Crippen MR) is 104 cm³/mol. The zero-order valence-corrected chi connectivity index (χ0v) is 15.8. The SMILES string of the molecule is COc1ccc2cc(C(=O)OCc3cc(=O)oc4cc(Br)ccc34)[nH]c2c1. The molecule has 0 spiro atoms. The highest BCUT2D eigenvalue weighted by atomic mass is 79.9. The van der Waals surface area contributed by atoms with Gasteiger partial charge in [0.25, 0.3) is 0 Å². The van der Waals surface area contributed by atoms with E-state index < -0.39 is 11.6 Å². The molecule has 0 saturated heterocycles. The number of carbonyl (C=O) groups is 1. The number of H-pyrrole nitrogens is 1. The van der Waals surface area contributed by atoms with E-state index in [9.17, 15) is 9.59 Å². The predicted octanol–water partition coefficient (Wildman–Crippen LogP) is 4.40. The van der Waals surface area contributed by atoms with Crippen LogP contribution in [0.2, 0.25) is 0 Å². The normalized spacial score (nSPS) is 11.0. The number of hydrogen-bond acceptors (Lipinski definition) is 5. The van der Waals surface area contributed by atoms with E-state index in [1.165, 1.54) is 6.07 Å². The van der Waals surface area contributed by atoms with Crippen LogP contribution in [0.25, 0.3) is 21.9 Å². The maximum atomic E-state index is 12.4. The quantitative estimate of drug-likeness (QED) is 0.385. The van der Waals surface area contributed by atoms with E-state index in [1.807, 2.05) is 18.2 Å². The summed E-state index contributed by atoms with van der Waals surface area (Å²) >= 11 is 3.34. The molecule has 0 aliphatic heterocycles. The lowest BCUT2D eigenvalue weighted by molar-refractivity contribution is 0.0468. The Morgan fingerprint density at radius 3 is 2.81 bits per heavy atom. The standard InChI is InChI=1S/C20H14BrNO5/c1-25-14-4-2-11-6-17(22-16(11)9-14)20(24)26-10-12-7-19(23)27-18-8-13(21)3-5-15(12)18/h2-9,22H,10H2,1H3. The molecule has 27 heavy (non-hydrogen) atoms. The van der Waals surface area contributed by atoms with Crippen LogP contribution in [-0.2, 0) is 11.3 Å². The summed E-state index contributed by atoms with van der Waals surface area (Å²) in [5.74, 6) is 0.182. The third-order valence-electron chi connectivity index (χ3n) is 4.20. The zero-order valence-electron chi connectivity index (χ0n) is 14.2. The second kappa shape index (κ2) is 6.92. The smallest absolute Gasteiger partial charge is 0.355 e. The third-order valence-corrected chi connectivity index (χ3v) is 4.69. The van der Waals surface area contributed by atoms with E-state index in [4.69, 9.17) is 13.9 Å². The number of nitrogens with one attached hydrogen (secondary N) is 1. The molecule has 2 heterocycles. The first-order chi connectivity index (χ1) is 13.0. The highest BCUT2D eigenvalue weighted by Gasteiger charge is 2.14. The summed E-state index contributed by atoms with van der Waals surface area (Å²) in [5.41, 5.74) is 1.62. The van der Waals surface area contributed by atoms with Crippen LogP contribution in [0.3, 0.4) is 0 Å². The third kappa shape index (κ3) is 3.46. The average molecular weight is 428 g/mol. The van der Waals surface area contributed by atoms with Crippen LogP contribution in [0.5, 0.6) is 5.75 Å². The molecule has 7 heteroatoms. The molecule has 0 unspecified atom stereocenters.